The molecule has 3 nitrogen and oxygen atoms in total. The zero-order valence-corrected chi connectivity index (χ0v) is 12.0. The largest absolute Gasteiger partial charge is 0.373 e. The van der Waals surface area contributed by atoms with E-state index in [1.807, 2.05) is 44.3 Å². The molecule has 100 valence electrons. The molecule has 0 aliphatic carbocycles. The molecule has 1 aliphatic rings. The summed E-state index contributed by atoms with van der Waals surface area (Å²) < 4.78 is 0. The fraction of sp³-hybridized carbons (Fsp3) is 0.267. The zero-order chi connectivity index (χ0) is 13.9. The quantitative estimate of drug-likeness (QED) is 0.887. The maximum Gasteiger partial charge on any atom is 0.248 e. The van der Waals surface area contributed by atoms with Gasteiger partial charge >= 0.3 is 0 Å². The van der Waals surface area contributed by atoms with Gasteiger partial charge in [0.15, 0.2) is 0 Å². The van der Waals surface area contributed by atoms with E-state index in [1.165, 1.54) is 5.56 Å². The molecule has 0 saturated heterocycles. The first-order valence-electron chi connectivity index (χ1n) is 6.16. The summed E-state index contributed by atoms with van der Waals surface area (Å²) in [5.74, 6) is 0.458. The number of benzene rings is 1. The first-order valence-corrected chi connectivity index (χ1v) is 7.15. The lowest BCUT2D eigenvalue weighted by Crippen LogP contribution is -2.44. The molecular weight excluding hydrogens is 256 g/mol. The molecule has 0 fully saturated rings. The minimum atomic E-state index is -0.472. The SMILES string of the molecule is CC1=C(C(N)=O)C(C)(SCc2ccccc2)NC=C1. The highest BCUT2D eigenvalue weighted by molar-refractivity contribution is 8.00. The van der Waals surface area contributed by atoms with E-state index in [-0.39, 0.29) is 5.91 Å². The van der Waals surface area contributed by atoms with Crippen molar-refractivity contribution in [3.63, 3.8) is 0 Å². The third-order valence-electron chi connectivity index (χ3n) is 3.18. The van der Waals surface area contributed by atoms with Crippen LogP contribution >= 0.6 is 11.8 Å². The summed E-state index contributed by atoms with van der Waals surface area (Å²) >= 11 is 1.67. The average Bonchev–Trinajstić information content (AvgIpc) is 2.37. The van der Waals surface area contributed by atoms with Crippen molar-refractivity contribution in [2.75, 3.05) is 0 Å². The van der Waals surface area contributed by atoms with E-state index in [0.717, 1.165) is 11.3 Å². The molecule has 1 aliphatic heterocycles. The Bertz CT molecular complexity index is 536. The average molecular weight is 274 g/mol. The van der Waals surface area contributed by atoms with E-state index < -0.39 is 4.87 Å². The Labute approximate surface area is 118 Å². The van der Waals surface area contributed by atoms with E-state index in [2.05, 4.69) is 17.4 Å². The third kappa shape index (κ3) is 3.01. The number of dihydropyridines is 1. The minimum Gasteiger partial charge on any atom is -0.373 e. The lowest BCUT2D eigenvalue weighted by Gasteiger charge is -2.34. The number of nitrogens with two attached hydrogens (primary N) is 1. The molecule has 1 aromatic rings. The fourth-order valence-electron chi connectivity index (χ4n) is 2.20. The Morgan fingerprint density at radius 3 is 2.68 bits per heavy atom. The number of carbonyl (C=O) groups is 1. The molecule has 0 aromatic heterocycles. The standard InChI is InChI=1S/C15H18N2OS/c1-11-8-9-17-15(2,13(11)14(16)18)19-10-12-6-4-3-5-7-12/h3-9,17H,10H2,1-2H3,(H2,16,18). The van der Waals surface area contributed by atoms with E-state index in [4.69, 9.17) is 5.73 Å². The summed E-state index contributed by atoms with van der Waals surface area (Å²) in [4.78, 5) is 11.2. The van der Waals surface area contributed by atoms with Gasteiger partial charge in [0.05, 0.1) is 5.57 Å². The molecule has 0 radical (unpaired) electrons. The van der Waals surface area contributed by atoms with E-state index in [9.17, 15) is 4.79 Å². The second-order valence-electron chi connectivity index (χ2n) is 4.71. The van der Waals surface area contributed by atoms with Gasteiger partial charge in [0.25, 0.3) is 0 Å². The van der Waals surface area contributed by atoms with Crippen LogP contribution in [0.15, 0.2) is 53.8 Å². The summed E-state index contributed by atoms with van der Waals surface area (Å²) in [6.45, 7) is 3.91. The van der Waals surface area contributed by atoms with Crippen LogP contribution in [0, 0.1) is 0 Å². The maximum atomic E-state index is 11.7. The van der Waals surface area contributed by atoms with Crippen LogP contribution < -0.4 is 11.1 Å². The molecule has 3 N–H and O–H groups in total. The van der Waals surface area contributed by atoms with Crippen LogP contribution in [0.1, 0.15) is 19.4 Å². The number of nitrogens with one attached hydrogen (secondary N) is 1. The van der Waals surface area contributed by atoms with Crippen LogP contribution in [0.5, 0.6) is 0 Å². The maximum absolute atomic E-state index is 11.7. The van der Waals surface area contributed by atoms with E-state index in [1.54, 1.807) is 11.8 Å². The van der Waals surface area contributed by atoms with Gasteiger partial charge in [-0.1, -0.05) is 30.3 Å². The molecule has 1 unspecified atom stereocenters. The van der Waals surface area contributed by atoms with E-state index >= 15 is 0 Å². The molecule has 1 aromatic carbocycles. The van der Waals surface area contributed by atoms with Gasteiger partial charge in [0.2, 0.25) is 5.91 Å². The molecule has 0 saturated carbocycles. The van der Waals surface area contributed by atoms with Gasteiger partial charge in [-0.3, -0.25) is 4.79 Å². The molecule has 19 heavy (non-hydrogen) atoms. The molecule has 1 heterocycles. The predicted octanol–water partition coefficient (Wildman–Crippen LogP) is 2.55. The topological polar surface area (TPSA) is 55.1 Å². The highest BCUT2D eigenvalue weighted by Crippen LogP contribution is 2.36. The number of carbonyl (C=O) groups excluding carboxylic acids is 1. The number of rotatable bonds is 4. The van der Waals surface area contributed by atoms with Crippen molar-refractivity contribution in [1.29, 1.82) is 0 Å². The van der Waals surface area contributed by atoms with Crippen LogP contribution in [0.2, 0.25) is 0 Å². The van der Waals surface area contributed by atoms with E-state index in [0.29, 0.717) is 5.57 Å². The van der Waals surface area contributed by atoms with Crippen molar-refractivity contribution in [1.82, 2.24) is 5.32 Å². The Morgan fingerprint density at radius 1 is 1.37 bits per heavy atom. The number of primary amides is 1. The number of hydrogen-bond acceptors (Lipinski definition) is 3. The van der Waals surface area contributed by atoms with Crippen molar-refractivity contribution >= 4 is 17.7 Å². The second-order valence-corrected chi connectivity index (χ2v) is 6.10. The van der Waals surface area contributed by atoms with Crippen molar-refractivity contribution in [2.24, 2.45) is 5.73 Å². The smallest absolute Gasteiger partial charge is 0.248 e. The molecule has 4 heteroatoms. The first-order chi connectivity index (χ1) is 9.03. The Morgan fingerprint density at radius 2 is 2.05 bits per heavy atom. The lowest BCUT2D eigenvalue weighted by atomic mass is 9.99. The fourth-order valence-corrected chi connectivity index (χ4v) is 3.41. The molecule has 1 amide bonds. The van der Waals surface area contributed by atoms with Gasteiger partial charge in [-0.25, -0.2) is 0 Å². The van der Waals surface area contributed by atoms with Gasteiger partial charge in [0, 0.05) is 5.75 Å². The van der Waals surface area contributed by atoms with Crippen LogP contribution in [-0.4, -0.2) is 10.8 Å². The molecular formula is C15H18N2OS. The highest BCUT2D eigenvalue weighted by atomic mass is 32.2. The summed E-state index contributed by atoms with van der Waals surface area (Å²) in [5, 5.41) is 3.25. The van der Waals surface area contributed by atoms with Gasteiger partial charge in [0.1, 0.15) is 4.87 Å². The Hall–Kier alpha value is -1.68. The minimum absolute atomic E-state index is 0.364. The Kier molecular flexibility index (Phi) is 4.00. The van der Waals surface area contributed by atoms with Crippen molar-refractivity contribution in [3.8, 4) is 0 Å². The van der Waals surface area contributed by atoms with Crippen LogP contribution in [0.4, 0.5) is 0 Å². The van der Waals surface area contributed by atoms with Gasteiger partial charge < -0.3 is 11.1 Å². The number of thioether (sulfide) groups is 1. The third-order valence-corrected chi connectivity index (χ3v) is 4.56. The number of hydrogen-bond donors (Lipinski definition) is 2. The summed E-state index contributed by atoms with van der Waals surface area (Å²) in [6, 6.07) is 10.2. The summed E-state index contributed by atoms with van der Waals surface area (Å²) in [7, 11) is 0. The van der Waals surface area contributed by atoms with Crippen molar-refractivity contribution < 1.29 is 4.79 Å². The van der Waals surface area contributed by atoms with Crippen LogP contribution in [0.3, 0.4) is 0 Å². The normalized spacial score (nSPS) is 22.2. The van der Waals surface area contributed by atoms with Gasteiger partial charge in [-0.2, -0.15) is 0 Å². The van der Waals surface area contributed by atoms with Crippen molar-refractivity contribution in [2.45, 2.75) is 24.5 Å². The second kappa shape index (κ2) is 5.53. The lowest BCUT2D eigenvalue weighted by molar-refractivity contribution is -0.115. The number of allylic oxidation sites excluding steroid dienone is 2. The summed E-state index contributed by atoms with van der Waals surface area (Å²) in [5.41, 5.74) is 8.32. The first kappa shape index (κ1) is 13.7. The summed E-state index contributed by atoms with van der Waals surface area (Å²) in [6.07, 6.45) is 3.75. The van der Waals surface area contributed by atoms with Crippen LogP contribution in [-0.2, 0) is 10.5 Å². The van der Waals surface area contributed by atoms with Gasteiger partial charge in [-0.15, -0.1) is 11.8 Å². The molecule has 0 bridgehead atoms. The van der Waals surface area contributed by atoms with Crippen LogP contribution in [0.25, 0.3) is 0 Å². The molecule has 1 atom stereocenters. The Balaban J connectivity index is 2.18. The predicted molar refractivity (Wildman–Crippen MR) is 80.3 cm³/mol. The highest BCUT2D eigenvalue weighted by Gasteiger charge is 2.34. The monoisotopic (exact) mass is 274 g/mol. The van der Waals surface area contributed by atoms with Crippen molar-refractivity contribution in [3.05, 3.63) is 59.3 Å². The molecule has 2 rings (SSSR count). The number of amides is 1. The van der Waals surface area contributed by atoms with Gasteiger partial charge in [-0.05, 0) is 37.3 Å². The molecule has 0 spiro atoms. The zero-order valence-electron chi connectivity index (χ0n) is 11.1.